The number of alkyl halides is 3. The van der Waals surface area contributed by atoms with Crippen LogP contribution in [0.3, 0.4) is 0 Å². The maximum absolute atomic E-state index is 13.1. The summed E-state index contributed by atoms with van der Waals surface area (Å²) in [6.45, 7) is 1.76. The summed E-state index contributed by atoms with van der Waals surface area (Å²) in [6.07, 6.45) is -2.30. The van der Waals surface area contributed by atoms with Crippen molar-refractivity contribution in [1.29, 1.82) is 0 Å². The van der Waals surface area contributed by atoms with E-state index in [1.54, 1.807) is 19.1 Å². The third kappa shape index (κ3) is 5.67. The predicted octanol–water partition coefficient (Wildman–Crippen LogP) is 3.73. The van der Waals surface area contributed by atoms with Gasteiger partial charge in [-0.15, -0.1) is 0 Å². The highest BCUT2D eigenvalue weighted by Gasteiger charge is 2.32. The molecule has 0 fully saturated rings. The van der Waals surface area contributed by atoms with Crippen molar-refractivity contribution in [2.45, 2.75) is 18.0 Å². The van der Waals surface area contributed by atoms with Gasteiger partial charge in [0.2, 0.25) is 0 Å². The van der Waals surface area contributed by atoms with Gasteiger partial charge >= 0.3 is 12.1 Å². The van der Waals surface area contributed by atoms with E-state index >= 15 is 0 Å². The Hall–Kier alpha value is -3.14. The minimum atomic E-state index is -4.65. The number of esters is 1. The molecule has 0 heterocycles. The highest BCUT2D eigenvalue weighted by atomic mass is 32.2. The van der Waals surface area contributed by atoms with Crippen molar-refractivity contribution in [3.8, 4) is 0 Å². The van der Waals surface area contributed by atoms with Gasteiger partial charge in [0.15, 0.2) is 0 Å². The number of carbonyl (C=O) groups is 1. The Morgan fingerprint density at radius 3 is 2.31 bits per heavy atom. The summed E-state index contributed by atoms with van der Waals surface area (Å²) in [5.74, 6) is -0.861. The minimum absolute atomic E-state index is 0.154. The lowest BCUT2D eigenvalue weighted by atomic mass is 10.1. The molecule has 0 spiro atoms. The van der Waals surface area contributed by atoms with Crippen LogP contribution in [0.1, 0.15) is 16.7 Å². The molecule has 0 atom stereocenters. The average molecular weight is 426 g/mol. The van der Waals surface area contributed by atoms with Gasteiger partial charge in [0, 0.05) is 17.8 Å². The molecule has 0 aliphatic rings. The smallest absolute Gasteiger partial charge is 0.417 e. The Bertz CT molecular complexity index is 1030. The van der Waals surface area contributed by atoms with Gasteiger partial charge in [0.25, 0.3) is 10.0 Å². The summed E-state index contributed by atoms with van der Waals surface area (Å²) in [7, 11) is -3.19. The number of methoxy groups -OCH3 is 1. The third-order valence-electron chi connectivity index (χ3n) is 3.68. The number of aryl methyl sites for hydroxylation is 1. The zero-order chi connectivity index (χ0) is 21.7. The van der Waals surface area contributed by atoms with E-state index in [4.69, 9.17) is 0 Å². The Morgan fingerprint density at radius 2 is 1.72 bits per heavy atom. The fourth-order valence-electron chi connectivity index (χ4n) is 2.18. The highest BCUT2D eigenvalue weighted by Crippen LogP contribution is 2.31. The molecular formula is C19H17F3N2O4S. The van der Waals surface area contributed by atoms with Crippen molar-refractivity contribution in [3.05, 3.63) is 77.5 Å². The van der Waals surface area contributed by atoms with Gasteiger partial charge in [0.1, 0.15) is 0 Å². The summed E-state index contributed by atoms with van der Waals surface area (Å²) in [5.41, 5.74) is -0.507. The molecule has 0 N–H and O–H groups in total. The van der Waals surface area contributed by atoms with Crippen molar-refractivity contribution < 1.29 is 31.1 Å². The molecule has 154 valence electrons. The van der Waals surface area contributed by atoms with Crippen molar-refractivity contribution in [3.63, 3.8) is 0 Å². The number of ether oxygens (including phenoxy) is 1. The van der Waals surface area contributed by atoms with Crippen molar-refractivity contribution in [1.82, 2.24) is 4.41 Å². The molecule has 2 aromatic rings. The fourth-order valence-corrected chi connectivity index (χ4v) is 3.27. The van der Waals surface area contributed by atoms with Gasteiger partial charge in [-0.1, -0.05) is 35.9 Å². The molecule has 0 saturated heterocycles. The number of hydrazone groups is 1. The van der Waals surface area contributed by atoms with Gasteiger partial charge < -0.3 is 4.74 Å². The second kappa shape index (κ2) is 8.91. The first-order valence-corrected chi connectivity index (χ1v) is 9.57. The molecule has 0 bridgehead atoms. The molecule has 29 heavy (non-hydrogen) atoms. The number of hydrogen-bond acceptors (Lipinski definition) is 5. The van der Waals surface area contributed by atoms with Crippen LogP contribution in [-0.4, -0.2) is 32.1 Å². The third-order valence-corrected chi connectivity index (χ3v) is 5.26. The summed E-state index contributed by atoms with van der Waals surface area (Å²) in [5, 5.41) is 3.67. The van der Waals surface area contributed by atoms with Crippen LogP contribution in [0, 0.1) is 6.92 Å². The Morgan fingerprint density at radius 1 is 1.10 bits per heavy atom. The van der Waals surface area contributed by atoms with E-state index < -0.39 is 27.7 Å². The number of benzene rings is 2. The molecule has 0 aliphatic carbocycles. The maximum atomic E-state index is 13.1. The predicted molar refractivity (Wildman–Crippen MR) is 100 cm³/mol. The standard InChI is InChI=1S/C19H17F3N2O4S/c1-14-7-9-16(10-8-14)29(26,27)24(12-11-18(25)28-2)23-13-15-5-3-4-6-17(15)19(20,21)22/h3-13H,1-2H3/b12-11+,23-13+. The maximum Gasteiger partial charge on any atom is 0.417 e. The van der Waals surface area contributed by atoms with E-state index in [0.29, 0.717) is 4.41 Å². The van der Waals surface area contributed by atoms with Crippen molar-refractivity contribution in [2.24, 2.45) is 5.10 Å². The van der Waals surface area contributed by atoms with Crippen LogP contribution in [0.5, 0.6) is 0 Å². The number of halogens is 3. The second-order valence-electron chi connectivity index (χ2n) is 5.76. The number of carbonyl (C=O) groups excluding carboxylic acids is 1. The van der Waals surface area contributed by atoms with Crippen molar-refractivity contribution >= 4 is 22.2 Å². The molecular weight excluding hydrogens is 409 g/mol. The van der Waals surface area contributed by atoms with Gasteiger partial charge in [-0.05, 0) is 25.1 Å². The zero-order valence-corrected chi connectivity index (χ0v) is 16.2. The van der Waals surface area contributed by atoms with Crippen molar-refractivity contribution in [2.75, 3.05) is 7.11 Å². The van der Waals surface area contributed by atoms with Crippen LogP contribution in [0.15, 0.2) is 70.8 Å². The van der Waals surface area contributed by atoms with Crippen LogP contribution < -0.4 is 0 Å². The number of nitrogens with zero attached hydrogens (tertiary/aromatic N) is 2. The van der Waals surface area contributed by atoms with Crippen LogP contribution in [0.25, 0.3) is 0 Å². The molecule has 0 saturated carbocycles. The quantitative estimate of drug-likeness (QED) is 0.305. The van der Waals surface area contributed by atoms with E-state index in [1.165, 1.54) is 24.3 Å². The summed E-state index contributed by atoms with van der Waals surface area (Å²) in [4.78, 5) is 11.2. The average Bonchev–Trinajstić information content (AvgIpc) is 2.67. The van der Waals surface area contributed by atoms with Crippen LogP contribution in [0.4, 0.5) is 13.2 Å². The van der Waals surface area contributed by atoms with Gasteiger partial charge in [-0.25, -0.2) is 4.79 Å². The van der Waals surface area contributed by atoms with E-state index in [0.717, 1.165) is 43.3 Å². The normalized spacial score (nSPS) is 12.4. The summed E-state index contributed by atoms with van der Waals surface area (Å²) >= 11 is 0. The van der Waals surface area contributed by atoms with Crippen LogP contribution in [-0.2, 0) is 25.7 Å². The first-order valence-electron chi connectivity index (χ1n) is 8.13. The van der Waals surface area contributed by atoms with Gasteiger partial charge in [-0.3, -0.25) is 0 Å². The molecule has 2 aromatic carbocycles. The largest absolute Gasteiger partial charge is 0.466 e. The Kier molecular flexibility index (Phi) is 6.80. The zero-order valence-electron chi connectivity index (χ0n) is 15.4. The molecule has 0 unspecified atom stereocenters. The summed E-state index contributed by atoms with van der Waals surface area (Å²) in [6, 6.07) is 10.3. The number of hydrogen-bond donors (Lipinski definition) is 0. The topological polar surface area (TPSA) is 76.0 Å². The molecule has 6 nitrogen and oxygen atoms in total. The van der Waals surface area contributed by atoms with E-state index in [2.05, 4.69) is 9.84 Å². The second-order valence-corrected chi connectivity index (χ2v) is 7.55. The highest BCUT2D eigenvalue weighted by molar-refractivity contribution is 7.89. The molecule has 10 heteroatoms. The van der Waals surface area contributed by atoms with Crippen LogP contribution in [0.2, 0.25) is 0 Å². The Labute approximate surface area is 166 Å². The number of sulfonamides is 1. The monoisotopic (exact) mass is 426 g/mol. The first kappa shape index (κ1) is 22.2. The lowest BCUT2D eigenvalue weighted by Gasteiger charge is -2.15. The lowest BCUT2D eigenvalue weighted by Crippen LogP contribution is -2.22. The summed E-state index contributed by atoms with van der Waals surface area (Å²) < 4.78 is 69.9. The number of rotatable bonds is 6. The molecule has 0 radical (unpaired) electrons. The molecule has 0 amide bonds. The fraction of sp³-hybridized carbons (Fsp3) is 0.158. The molecule has 2 rings (SSSR count). The van der Waals surface area contributed by atoms with Crippen LogP contribution >= 0.6 is 0 Å². The molecule has 0 aliphatic heterocycles. The minimum Gasteiger partial charge on any atom is -0.466 e. The van der Waals surface area contributed by atoms with Gasteiger partial charge in [0.05, 0.1) is 23.8 Å². The Balaban J connectivity index is 2.50. The molecule has 0 aromatic heterocycles. The van der Waals surface area contributed by atoms with E-state index in [-0.39, 0.29) is 10.5 Å². The SMILES string of the molecule is COC(=O)/C=C/N(/N=C/c1ccccc1C(F)(F)F)S(=O)(=O)c1ccc(C)cc1. The van der Waals surface area contributed by atoms with E-state index in [9.17, 15) is 26.4 Å². The lowest BCUT2D eigenvalue weighted by molar-refractivity contribution is -0.137. The first-order chi connectivity index (χ1) is 13.6. The van der Waals surface area contributed by atoms with E-state index in [1.807, 2.05) is 0 Å². The van der Waals surface area contributed by atoms with Gasteiger partial charge in [-0.2, -0.15) is 31.1 Å².